The van der Waals surface area contributed by atoms with Gasteiger partial charge in [-0.1, -0.05) is 44.0 Å². The molecule has 2 heteroatoms. The summed E-state index contributed by atoms with van der Waals surface area (Å²) in [6, 6.07) is 9.94. The Morgan fingerprint density at radius 3 is 2.85 bits per heavy atom. The molecule has 4 rings (SSSR count). The molecule has 0 bridgehead atoms. The molecule has 0 radical (unpaired) electrons. The number of piperidine rings is 1. The van der Waals surface area contributed by atoms with E-state index in [2.05, 4.69) is 36.1 Å². The first kappa shape index (κ1) is 12.8. The predicted octanol–water partition coefficient (Wildman–Crippen LogP) is 3.16. The van der Waals surface area contributed by atoms with Crippen molar-refractivity contribution < 1.29 is 5.11 Å². The van der Waals surface area contributed by atoms with Gasteiger partial charge in [-0.15, -0.1) is 0 Å². The van der Waals surface area contributed by atoms with E-state index < -0.39 is 0 Å². The summed E-state index contributed by atoms with van der Waals surface area (Å²) in [6.07, 6.45) is 6.22. The summed E-state index contributed by atoms with van der Waals surface area (Å²) in [4.78, 5) is 2.74. The van der Waals surface area contributed by atoms with E-state index in [9.17, 15) is 5.11 Å². The van der Waals surface area contributed by atoms with Crippen molar-refractivity contribution >= 4 is 0 Å². The van der Waals surface area contributed by atoms with Gasteiger partial charge < -0.3 is 5.11 Å². The molecule has 108 valence electrons. The highest BCUT2D eigenvalue weighted by Crippen LogP contribution is 2.48. The fourth-order valence-corrected chi connectivity index (χ4v) is 5.10. The molecule has 5 unspecified atom stereocenters. The monoisotopic (exact) mass is 271 g/mol. The molecule has 0 aromatic heterocycles. The van der Waals surface area contributed by atoms with Gasteiger partial charge in [0, 0.05) is 30.5 Å². The maximum atomic E-state index is 10.8. The van der Waals surface area contributed by atoms with Crippen LogP contribution < -0.4 is 0 Å². The largest absolute Gasteiger partial charge is 0.392 e. The number of aliphatic hydroxyl groups is 1. The van der Waals surface area contributed by atoms with Crippen LogP contribution >= 0.6 is 0 Å². The van der Waals surface area contributed by atoms with Crippen molar-refractivity contribution in [3.8, 4) is 0 Å². The second kappa shape index (κ2) is 4.85. The smallest absolute Gasteiger partial charge is 0.0627 e. The molecular weight excluding hydrogens is 246 g/mol. The van der Waals surface area contributed by atoms with Crippen LogP contribution in [-0.2, 0) is 6.42 Å². The molecule has 0 amide bonds. The van der Waals surface area contributed by atoms with Gasteiger partial charge in [0.05, 0.1) is 6.10 Å². The normalized spacial score (nSPS) is 40.6. The molecule has 1 aromatic rings. The van der Waals surface area contributed by atoms with Gasteiger partial charge in [-0.2, -0.15) is 0 Å². The minimum Gasteiger partial charge on any atom is -0.392 e. The molecule has 2 aliphatic heterocycles. The van der Waals surface area contributed by atoms with Crippen molar-refractivity contribution in [1.29, 1.82) is 0 Å². The average Bonchev–Trinajstić information content (AvgIpc) is 2.51. The fraction of sp³-hybridized carbons (Fsp3) is 0.667. The molecule has 1 aromatic carbocycles. The minimum absolute atomic E-state index is 0.118. The van der Waals surface area contributed by atoms with E-state index in [1.807, 2.05) is 0 Å². The van der Waals surface area contributed by atoms with Crippen LogP contribution in [0.25, 0.3) is 0 Å². The summed E-state index contributed by atoms with van der Waals surface area (Å²) in [5, 5.41) is 10.8. The Hall–Kier alpha value is -0.860. The molecule has 1 saturated heterocycles. The zero-order valence-corrected chi connectivity index (χ0v) is 12.3. The lowest BCUT2D eigenvalue weighted by Gasteiger charge is -2.55. The van der Waals surface area contributed by atoms with E-state index in [4.69, 9.17) is 0 Å². The molecule has 1 aliphatic carbocycles. The summed E-state index contributed by atoms with van der Waals surface area (Å²) in [5.74, 6) is 0.871. The number of nitrogens with zero attached hydrogens (tertiary/aromatic N) is 1. The third-order valence-corrected chi connectivity index (χ3v) is 6.05. The molecule has 1 N–H and O–H groups in total. The second-order valence-electron chi connectivity index (χ2n) is 7.00. The lowest BCUT2D eigenvalue weighted by molar-refractivity contribution is -0.107. The van der Waals surface area contributed by atoms with Crippen molar-refractivity contribution in [2.45, 2.75) is 57.2 Å². The summed E-state index contributed by atoms with van der Waals surface area (Å²) in [7, 11) is 0. The van der Waals surface area contributed by atoms with Crippen LogP contribution in [0.4, 0.5) is 0 Å². The Balaban J connectivity index is 1.75. The zero-order valence-electron chi connectivity index (χ0n) is 12.3. The summed E-state index contributed by atoms with van der Waals surface area (Å²) < 4.78 is 0. The van der Waals surface area contributed by atoms with E-state index in [1.54, 1.807) is 0 Å². The van der Waals surface area contributed by atoms with Crippen LogP contribution in [0, 0.1) is 11.8 Å². The SMILES string of the molecule is CC1C(O)C2CCCCC2N2CCc3ccccc3C12. The van der Waals surface area contributed by atoms with E-state index in [-0.39, 0.29) is 6.10 Å². The first-order chi connectivity index (χ1) is 9.77. The van der Waals surface area contributed by atoms with Crippen molar-refractivity contribution in [2.24, 2.45) is 11.8 Å². The molecular formula is C18H25NO. The number of benzene rings is 1. The van der Waals surface area contributed by atoms with Crippen LogP contribution in [0.2, 0.25) is 0 Å². The molecule has 2 fully saturated rings. The van der Waals surface area contributed by atoms with Gasteiger partial charge in [-0.3, -0.25) is 4.90 Å². The molecule has 0 spiro atoms. The van der Waals surface area contributed by atoms with Gasteiger partial charge >= 0.3 is 0 Å². The Morgan fingerprint density at radius 1 is 1.15 bits per heavy atom. The Bertz CT molecular complexity index is 500. The fourth-order valence-electron chi connectivity index (χ4n) is 5.10. The van der Waals surface area contributed by atoms with Gasteiger partial charge in [0.1, 0.15) is 0 Å². The topological polar surface area (TPSA) is 23.5 Å². The van der Waals surface area contributed by atoms with Gasteiger partial charge in [-0.25, -0.2) is 0 Å². The maximum Gasteiger partial charge on any atom is 0.0627 e. The standard InChI is InChI=1S/C18H25NO/c1-12-17-14-7-3-2-6-13(14)10-11-19(17)16-9-5-4-8-15(16)18(12)20/h2-3,6-7,12,15-18,20H,4-5,8-11H2,1H3. The van der Waals surface area contributed by atoms with Crippen LogP contribution in [0.1, 0.15) is 49.8 Å². The maximum absolute atomic E-state index is 10.8. The highest BCUT2D eigenvalue weighted by molar-refractivity contribution is 5.34. The second-order valence-corrected chi connectivity index (χ2v) is 7.00. The van der Waals surface area contributed by atoms with Crippen LogP contribution in [0.5, 0.6) is 0 Å². The highest BCUT2D eigenvalue weighted by Gasteiger charge is 2.49. The molecule has 5 atom stereocenters. The van der Waals surface area contributed by atoms with Crippen molar-refractivity contribution in [3.63, 3.8) is 0 Å². The number of hydrogen-bond acceptors (Lipinski definition) is 2. The van der Waals surface area contributed by atoms with E-state index in [0.717, 1.165) is 0 Å². The van der Waals surface area contributed by atoms with Crippen LogP contribution in [-0.4, -0.2) is 28.7 Å². The van der Waals surface area contributed by atoms with Gasteiger partial charge in [0.15, 0.2) is 0 Å². The van der Waals surface area contributed by atoms with Crippen LogP contribution in [0.3, 0.4) is 0 Å². The van der Waals surface area contributed by atoms with Crippen molar-refractivity contribution in [3.05, 3.63) is 35.4 Å². The lowest BCUT2D eigenvalue weighted by Crippen LogP contribution is -2.59. The highest BCUT2D eigenvalue weighted by atomic mass is 16.3. The Kier molecular flexibility index (Phi) is 3.12. The van der Waals surface area contributed by atoms with Crippen molar-refractivity contribution in [2.75, 3.05) is 6.54 Å². The number of fused-ring (bicyclic) bond motifs is 5. The third kappa shape index (κ3) is 1.78. The van der Waals surface area contributed by atoms with Crippen molar-refractivity contribution in [1.82, 2.24) is 4.90 Å². The molecule has 3 aliphatic rings. The zero-order chi connectivity index (χ0) is 13.7. The van der Waals surface area contributed by atoms with E-state index in [0.29, 0.717) is 23.9 Å². The molecule has 2 nitrogen and oxygen atoms in total. The summed E-state index contributed by atoms with van der Waals surface area (Å²) >= 11 is 0. The molecule has 2 heterocycles. The molecule has 1 saturated carbocycles. The van der Waals surface area contributed by atoms with Crippen LogP contribution in [0.15, 0.2) is 24.3 Å². The third-order valence-electron chi connectivity index (χ3n) is 6.05. The number of aliphatic hydroxyl groups excluding tert-OH is 1. The Morgan fingerprint density at radius 2 is 1.95 bits per heavy atom. The Labute approximate surface area is 121 Å². The summed E-state index contributed by atoms with van der Waals surface area (Å²) in [5.41, 5.74) is 2.98. The van der Waals surface area contributed by atoms with Gasteiger partial charge in [-0.05, 0) is 30.4 Å². The molecule has 20 heavy (non-hydrogen) atoms. The number of hydrogen-bond donors (Lipinski definition) is 1. The first-order valence-corrected chi connectivity index (χ1v) is 8.29. The van der Waals surface area contributed by atoms with E-state index in [1.165, 1.54) is 49.8 Å². The van der Waals surface area contributed by atoms with E-state index >= 15 is 0 Å². The average molecular weight is 271 g/mol. The lowest BCUT2D eigenvalue weighted by atomic mass is 9.67. The first-order valence-electron chi connectivity index (χ1n) is 8.29. The quantitative estimate of drug-likeness (QED) is 0.783. The predicted molar refractivity (Wildman–Crippen MR) is 80.5 cm³/mol. The van der Waals surface area contributed by atoms with Gasteiger partial charge in [0.2, 0.25) is 0 Å². The van der Waals surface area contributed by atoms with Gasteiger partial charge in [0.25, 0.3) is 0 Å². The number of rotatable bonds is 0. The minimum atomic E-state index is -0.118. The summed E-state index contributed by atoms with van der Waals surface area (Å²) in [6.45, 7) is 3.44.